The molecule has 0 spiro atoms. The summed E-state index contributed by atoms with van der Waals surface area (Å²) in [4.78, 5) is 20.1. The van der Waals surface area contributed by atoms with E-state index in [0.29, 0.717) is 10.6 Å². The topological polar surface area (TPSA) is 55.6 Å². The first-order valence-electron chi connectivity index (χ1n) is 5.80. The number of halogens is 3. The molecule has 0 saturated heterocycles. The molecule has 8 heteroatoms. The van der Waals surface area contributed by atoms with Crippen molar-refractivity contribution >= 4 is 5.91 Å². The Morgan fingerprint density at radius 2 is 1.90 bits per heavy atom. The molecule has 1 heterocycles. The van der Waals surface area contributed by atoms with Crippen molar-refractivity contribution in [2.75, 3.05) is 14.2 Å². The summed E-state index contributed by atoms with van der Waals surface area (Å²) in [5.74, 6) is -2.78. The summed E-state index contributed by atoms with van der Waals surface area (Å²) in [6, 6.07) is 7.99. The van der Waals surface area contributed by atoms with Crippen molar-refractivity contribution in [1.82, 2.24) is 10.0 Å². The van der Waals surface area contributed by atoms with Crippen LogP contribution in [0.15, 0.2) is 34.7 Å². The van der Waals surface area contributed by atoms with Gasteiger partial charge in [-0.15, -0.1) is 0 Å². The first kappa shape index (κ1) is 15.0. The number of amides is 1. The van der Waals surface area contributed by atoms with Crippen LogP contribution in [0.4, 0.5) is 13.2 Å². The fourth-order valence-electron chi connectivity index (χ4n) is 1.59. The summed E-state index contributed by atoms with van der Waals surface area (Å²) in [6.45, 7) is 0. The number of hydrogen-bond acceptors (Lipinski definition) is 4. The lowest BCUT2D eigenvalue weighted by Crippen LogP contribution is -2.27. The highest BCUT2D eigenvalue weighted by Gasteiger charge is 2.42. The number of alkyl halides is 3. The molecule has 21 heavy (non-hydrogen) atoms. The molecule has 2 aromatic rings. The van der Waals surface area contributed by atoms with Gasteiger partial charge in [-0.3, -0.25) is 9.63 Å². The van der Waals surface area contributed by atoms with Crippen LogP contribution in [0.3, 0.4) is 0 Å². The molecule has 1 amide bonds. The number of carbonyl (C=O) groups excluding carboxylic acids is 1. The van der Waals surface area contributed by atoms with Crippen molar-refractivity contribution in [3.8, 4) is 11.5 Å². The van der Waals surface area contributed by atoms with Gasteiger partial charge < -0.3 is 4.42 Å². The Bertz CT molecular complexity index is 638. The van der Waals surface area contributed by atoms with Crippen molar-refractivity contribution in [1.29, 1.82) is 0 Å². The van der Waals surface area contributed by atoms with E-state index in [9.17, 15) is 18.0 Å². The fraction of sp³-hybridized carbons (Fsp3) is 0.231. The molecule has 0 aliphatic rings. The van der Waals surface area contributed by atoms with Crippen LogP contribution < -0.4 is 0 Å². The third-order valence-corrected chi connectivity index (χ3v) is 2.67. The number of hydroxylamine groups is 2. The van der Waals surface area contributed by atoms with E-state index >= 15 is 0 Å². The molecule has 112 valence electrons. The normalized spacial score (nSPS) is 11.5. The van der Waals surface area contributed by atoms with Gasteiger partial charge in [0.1, 0.15) is 0 Å². The molecular weight excluding hydrogens is 289 g/mol. The van der Waals surface area contributed by atoms with Gasteiger partial charge in [-0.2, -0.15) is 13.2 Å². The molecule has 5 nitrogen and oxygen atoms in total. The maximum absolute atomic E-state index is 13.0. The lowest BCUT2D eigenvalue weighted by Gasteiger charge is -2.12. The van der Waals surface area contributed by atoms with Crippen molar-refractivity contribution in [2.45, 2.75) is 6.18 Å². The van der Waals surface area contributed by atoms with Crippen molar-refractivity contribution in [2.24, 2.45) is 0 Å². The van der Waals surface area contributed by atoms with Crippen LogP contribution in [0.1, 0.15) is 16.2 Å². The number of benzene rings is 1. The van der Waals surface area contributed by atoms with E-state index in [-0.39, 0.29) is 5.89 Å². The van der Waals surface area contributed by atoms with Gasteiger partial charge in [0.05, 0.1) is 7.11 Å². The van der Waals surface area contributed by atoms with Crippen LogP contribution in [-0.2, 0) is 11.0 Å². The highest BCUT2D eigenvalue weighted by molar-refractivity contribution is 5.93. The number of oxazole rings is 1. The monoisotopic (exact) mass is 300 g/mol. The number of carbonyl (C=O) groups is 1. The van der Waals surface area contributed by atoms with E-state index in [4.69, 9.17) is 4.42 Å². The Hall–Kier alpha value is -2.35. The third kappa shape index (κ3) is 3.05. The largest absolute Gasteiger partial charge is 0.452 e. The molecule has 0 saturated carbocycles. The lowest BCUT2D eigenvalue weighted by atomic mass is 10.2. The van der Waals surface area contributed by atoms with E-state index in [2.05, 4.69) is 9.82 Å². The van der Waals surface area contributed by atoms with Crippen LogP contribution in [0.2, 0.25) is 0 Å². The zero-order valence-electron chi connectivity index (χ0n) is 11.1. The average molecular weight is 300 g/mol. The minimum Gasteiger partial charge on any atom is -0.431 e. The van der Waals surface area contributed by atoms with Gasteiger partial charge in [0.15, 0.2) is 5.69 Å². The van der Waals surface area contributed by atoms with E-state index in [0.717, 1.165) is 7.11 Å². The van der Waals surface area contributed by atoms with Gasteiger partial charge in [0.25, 0.3) is 5.91 Å². The highest BCUT2D eigenvalue weighted by atomic mass is 19.4. The maximum atomic E-state index is 13.0. The van der Waals surface area contributed by atoms with Crippen LogP contribution >= 0.6 is 0 Å². The molecule has 0 unspecified atom stereocenters. The maximum Gasteiger partial charge on any atom is 0.452 e. The molecule has 0 N–H and O–H groups in total. The summed E-state index contributed by atoms with van der Waals surface area (Å²) < 4.78 is 43.6. The zero-order chi connectivity index (χ0) is 15.6. The number of rotatable bonds is 3. The van der Waals surface area contributed by atoms with Crippen molar-refractivity contribution < 1.29 is 27.2 Å². The van der Waals surface area contributed by atoms with Crippen LogP contribution in [0, 0.1) is 0 Å². The summed E-state index contributed by atoms with van der Waals surface area (Å²) in [7, 11) is 2.34. The summed E-state index contributed by atoms with van der Waals surface area (Å²) in [6.07, 6.45) is -4.83. The molecule has 0 fully saturated rings. The number of nitrogens with zero attached hydrogens (tertiary/aromatic N) is 2. The Kier molecular flexibility index (Phi) is 3.99. The van der Waals surface area contributed by atoms with E-state index < -0.39 is 23.5 Å². The minimum absolute atomic E-state index is 0.282. The molecule has 1 aromatic carbocycles. The number of hydrogen-bond donors (Lipinski definition) is 0. The molecule has 0 aliphatic heterocycles. The standard InChI is InChI=1S/C13H11F3N2O3/c1-18(20-2)12(19)9-10(13(14,15)16)21-11(17-9)8-6-4-3-5-7-8/h3-7H,1-2H3. The van der Waals surface area contributed by atoms with Crippen LogP contribution in [0.25, 0.3) is 11.5 Å². The Balaban J connectivity index is 2.54. The van der Waals surface area contributed by atoms with Crippen LogP contribution in [-0.4, -0.2) is 30.1 Å². The summed E-state index contributed by atoms with van der Waals surface area (Å²) in [5, 5.41) is 0.641. The Morgan fingerprint density at radius 1 is 1.29 bits per heavy atom. The van der Waals surface area contributed by atoms with Crippen molar-refractivity contribution in [3.63, 3.8) is 0 Å². The number of aromatic nitrogens is 1. The molecule has 0 aliphatic carbocycles. The second kappa shape index (κ2) is 5.57. The molecular formula is C13H11F3N2O3. The quantitative estimate of drug-likeness (QED) is 0.818. The second-order valence-corrected chi connectivity index (χ2v) is 4.05. The third-order valence-electron chi connectivity index (χ3n) is 2.67. The fourth-order valence-corrected chi connectivity index (χ4v) is 1.59. The second-order valence-electron chi connectivity index (χ2n) is 4.05. The molecule has 0 atom stereocenters. The predicted octanol–water partition coefficient (Wildman–Crippen LogP) is 2.99. The minimum atomic E-state index is -4.83. The molecule has 1 aromatic heterocycles. The predicted molar refractivity (Wildman–Crippen MR) is 66.0 cm³/mol. The van der Waals surface area contributed by atoms with Gasteiger partial charge in [-0.1, -0.05) is 18.2 Å². The van der Waals surface area contributed by atoms with E-state index in [1.165, 1.54) is 19.2 Å². The first-order valence-corrected chi connectivity index (χ1v) is 5.80. The lowest BCUT2D eigenvalue weighted by molar-refractivity contribution is -0.153. The van der Waals surface area contributed by atoms with Gasteiger partial charge in [-0.05, 0) is 12.1 Å². The summed E-state index contributed by atoms with van der Waals surface area (Å²) >= 11 is 0. The SMILES string of the molecule is CON(C)C(=O)c1nc(-c2ccccc2)oc1C(F)(F)F. The van der Waals surface area contributed by atoms with Gasteiger partial charge in [-0.25, -0.2) is 10.0 Å². The van der Waals surface area contributed by atoms with E-state index in [1.807, 2.05) is 0 Å². The Morgan fingerprint density at radius 3 is 2.43 bits per heavy atom. The van der Waals surface area contributed by atoms with Gasteiger partial charge in [0.2, 0.25) is 11.7 Å². The molecule has 0 bridgehead atoms. The average Bonchev–Trinajstić information content (AvgIpc) is 2.92. The van der Waals surface area contributed by atoms with Crippen molar-refractivity contribution in [3.05, 3.63) is 41.8 Å². The zero-order valence-corrected chi connectivity index (χ0v) is 11.1. The smallest absolute Gasteiger partial charge is 0.431 e. The summed E-state index contributed by atoms with van der Waals surface area (Å²) in [5.41, 5.74) is -0.507. The molecule has 0 radical (unpaired) electrons. The van der Waals surface area contributed by atoms with Gasteiger partial charge >= 0.3 is 6.18 Å². The highest BCUT2D eigenvalue weighted by Crippen LogP contribution is 2.35. The molecule has 2 rings (SSSR count). The van der Waals surface area contributed by atoms with E-state index in [1.54, 1.807) is 18.2 Å². The van der Waals surface area contributed by atoms with Crippen LogP contribution in [0.5, 0.6) is 0 Å². The van der Waals surface area contributed by atoms with Gasteiger partial charge in [0, 0.05) is 12.6 Å². The first-order chi connectivity index (χ1) is 9.84. The Labute approximate surface area is 117 Å².